The predicted octanol–water partition coefficient (Wildman–Crippen LogP) is 3.41. The van der Waals surface area contributed by atoms with Crippen molar-refractivity contribution in [1.29, 1.82) is 0 Å². The zero-order valence-corrected chi connectivity index (χ0v) is 13.1. The van der Waals surface area contributed by atoms with Crippen LogP contribution in [0.5, 0.6) is 0 Å². The molecule has 2 aromatic rings. The molecule has 0 aliphatic rings. The summed E-state index contributed by atoms with van der Waals surface area (Å²) in [5.41, 5.74) is 11.1. The van der Waals surface area contributed by atoms with E-state index in [4.69, 9.17) is 11.6 Å². The van der Waals surface area contributed by atoms with Crippen LogP contribution in [0.25, 0.3) is 5.70 Å². The second kappa shape index (κ2) is 6.62. The first-order valence-electron chi connectivity index (χ1n) is 7.21. The lowest BCUT2D eigenvalue weighted by Crippen LogP contribution is -2.31. The molecule has 0 fully saturated rings. The summed E-state index contributed by atoms with van der Waals surface area (Å²) < 4.78 is 13.4. The van der Waals surface area contributed by atoms with Gasteiger partial charge in [-0.05, 0) is 49.6 Å². The van der Waals surface area contributed by atoms with Gasteiger partial charge in [0, 0.05) is 17.8 Å². The minimum absolute atomic E-state index is 0.354. The van der Waals surface area contributed by atoms with E-state index in [9.17, 15) is 4.39 Å². The minimum Gasteiger partial charge on any atom is -0.398 e. The molecule has 0 bridgehead atoms. The molecule has 4 N–H and O–H groups in total. The van der Waals surface area contributed by atoms with Crippen molar-refractivity contribution in [2.75, 3.05) is 12.3 Å². The van der Waals surface area contributed by atoms with Crippen LogP contribution in [0.1, 0.15) is 22.3 Å². The standard InChI is InChI=1S/C18H22FN3/c1-12-4-5-15(13(2)10-12)8-9-22(21)14(3)17-11-16(19)6-7-18(17)20/h4-7,10-11H,3,8-9,20-21H2,1-2H3. The van der Waals surface area contributed by atoms with E-state index in [2.05, 4.69) is 38.6 Å². The molecular weight excluding hydrogens is 277 g/mol. The molecule has 3 nitrogen and oxygen atoms in total. The molecule has 0 radical (unpaired) electrons. The van der Waals surface area contributed by atoms with Gasteiger partial charge in [-0.3, -0.25) is 0 Å². The Morgan fingerprint density at radius 3 is 2.59 bits per heavy atom. The average molecular weight is 299 g/mol. The Balaban J connectivity index is 2.07. The number of nitrogen functional groups attached to an aromatic ring is 1. The third-order valence-corrected chi connectivity index (χ3v) is 3.79. The maximum absolute atomic E-state index is 13.4. The molecule has 0 aromatic heterocycles. The summed E-state index contributed by atoms with van der Waals surface area (Å²) >= 11 is 0. The predicted molar refractivity (Wildman–Crippen MR) is 90.4 cm³/mol. The second-order valence-electron chi connectivity index (χ2n) is 5.55. The SMILES string of the molecule is C=C(c1cc(F)ccc1N)N(N)CCc1ccc(C)cc1C. The van der Waals surface area contributed by atoms with Gasteiger partial charge >= 0.3 is 0 Å². The molecule has 0 amide bonds. The van der Waals surface area contributed by atoms with Crippen molar-refractivity contribution in [3.05, 3.63) is 71.0 Å². The number of aryl methyl sites for hydroxylation is 2. The molecule has 2 rings (SSSR count). The van der Waals surface area contributed by atoms with Gasteiger partial charge in [0.1, 0.15) is 5.82 Å². The van der Waals surface area contributed by atoms with E-state index in [-0.39, 0.29) is 5.82 Å². The van der Waals surface area contributed by atoms with Crippen molar-refractivity contribution in [1.82, 2.24) is 5.01 Å². The van der Waals surface area contributed by atoms with Crippen molar-refractivity contribution in [3.63, 3.8) is 0 Å². The van der Waals surface area contributed by atoms with E-state index in [0.29, 0.717) is 23.5 Å². The number of hydrogen-bond acceptors (Lipinski definition) is 3. The Kier molecular flexibility index (Phi) is 4.83. The van der Waals surface area contributed by atoms with E-state index >= 15 is 0 Å². The number of hydrogen-bond donors (Lipinski definition) is 2. The number of nitrogens with zero attached hydrogens (tertiary/aromatic N) is 1. The fourth-order valence-electron chi connectivity index (χ4n) is 2.44. The van der Waals surface area contributed by atoms with E-state index in [0.717, 1.165) is 6.42 Å². The number of hydrazine groups is 1. The van der Waals surface area contributed by atoms with Gasteiger partial charge in [-0.2, -0.15) is 0 Å². The van der Waals surface area contributed by atoms with Gasteiger partial charge in [0.05, 0.1) is 5.70 Å². The maximum Gasteiger partial charge on any atom is 0.124 e. The molecule has 22 heavy (non-hydrogen) atoms. The van der Waals surface area contributed by atoms with Crippen LogP contribution in [0.2, 0.25) is 0 Å². The van der Waals surface area contributed by atoms with Crippen LogP contribution in [-0.4, -0.2) is 11.6 Å². The number of benzene rings is 2. The lowest BCUT2D eigenvalue weighted by Gasteiger charge is -2.22. The van der Waals surface area contributed by atoms with Gasteiger partial charge in [0.15, 0.2) is 0 Å². The van der Waals surface area contributed by atoms with Gasteiger partial charge in [-0.1, -0.05) is 30.3 Å². The largest absolute Gasteiger partial charge is 0.398 e. The molecule has 0 atom stereocenters. The van der Waals surface area contributed by atoms with Crippen molar-refractivity contribution < 1.29 is 4.39 Å². The molecule has 0 aliphatic carbocycles. The number of nitrogens with two attached hydrogens (primary N) is 2. The number of rotatable bonds is 5. The zero-order chi connectivity index (χ0) is 16.3. The third-order valence-electron chi connectivity index (χ3n) is 3.79. The van der Waals surface area contributed by atoms with Gasteiger partial charge in [0.25, 0.3) is 0 Å². The van der Waals surface area contributed by atoms with Crippen LogP contribution < -0.4 is 11.6 Å². The molecule has 4 heteroatoms. The van der Waals surface area contributed by atoms with E-state index in [1.807, 2.05) is 0 Å². The summed E-state index contributed by atoms with van der Waals surface area (Å²) in [6.45, 7) is 8.67. The van der Waals surface area contributed by atoms with Gasteiger partial charge < -0.3 is 10.7 Å². The van der Waals surface area contributed by atoms with Gasteiger partial charge in [0.2, 0.25) is 0 Å². The summed E-state index contributed by atoms with van der Waals surface area (Å²) in [5, 5.41) is 1.52. The van der Waals surface area contributed by atoms with Crippen molar-refractivity contribution >= 4 is 11.4 Å². The van der Waals surface area contributed by atoms with Gasteiger partial charge in [-0.25, -0.2) is 10.2 Å². The Morgan fingerprint density at radius 2 is 1.91 bits per heavy atom. The summed E-state index contributed by atoms with van der Waals surface area (Å²) in [6.07, 6.45) is 0.789. The Morgan fingerprint density at radius 1 is 1.18 bits per heavy atom. The molecule has 0 saturated carbocycles. The quantitative estimate of drug-likeness (QED) is 0.505. The molecule has 0 aliphatic heterocycles. The highest BCUT2D eigenvalue weighted by Crippen LogP contribution is 2.23. The first kappa shape index (κ1) is 16.0. The Labute approximate surface area is 131 Å². The molecule has 0 heterocycles. The number of anilines is 1. The highest BCUT2D eigenvalue weighted by atomic mass is 19.1. The fourth-order valence-corrected chi connectivity index (χ4v) is 2.44. The summed E-state index contributed by atoms with van der Waals surface area (Å²) in [6, 6.07) is 10.5. The van der Waals surface area contributed by atoms with E-state index in [1.165, 1.54) is 39.9 Å². The van der Waals surface area contributed by atoms with Crippen LogP contribution in [-0.2, 0) is 6.42 Å². The number of halogens is 1. The second-order valence-corrected chi connectivity index (χ2v) is 5.55. The fraction of sp³-hybridized carbons (Fsp3) is 0.222. The Hall–Kier alpha value is -2.33. The third kappa shape index (κ3) is 3.65. The molecule has 116 valence electrons. The van der Waals surface area contributed by atoms with Crippen LogP contribution >= 0.6 is 0 Å². The highest BCUT2D eigenvalue weighted by molar-refractivity contribution is 5.72. The van der Waals surface area contributed by atoms with Crippen LogP contribution in [0, 0.1) is 19.7 Å². The first-order valence-corrected chi connectivity index (χ1v) is 7.21. The van der Waals surface area contributed by atoms with Crippen molar-refractivity contribution in [2.24, 2.45) is 5.84 Å². The molecule has 0 saturated heterocycles. The van der Waals surface area contributed by atoms with E-state index in [1.54, 1.807) is 0 Å². The Bertz CT molecular complexity index is 695. The van der Waals surface area contributed by atoms with Crippen LogP contribution in [0.15, 0.2) is 43.0 Å². The van der Waals surface area contributed by atoms with E-state index < -0.39 is 0 Å². The lowest BCUT2D eigenvalue weighted by atomic mass is 10.0. The van der Waals surface area contributed by atoms with Gasteiger partial charge in [-0.15, -0.1) is 0 Å². The zero-order valence-electron chi connectivity index (χ0n) is 13.1. The smallest absolute Gasteiger partial charge is 0.124 e. The summed E-state index contributed by atoms with van der Waals surface area (Å²) in [5.74, 6) is 5.70. The normalized spacial score (nSPS) is 10.5. The van der Waals surface area contributed by atoms with Crippen molar-refractivity contribution in [2.45, 2.75) is 20.3 Å². The minimum atomic E-state index is -0.354. The molecular formula is C18H22FN3. The highest BCUT2D eigenvalue weighted by Gasteiger charge is 2.11. The lowest BCUT2D eigenvalue weighted by molar-refractivity contribution is 0.421. The molecule has 0 spiro atoms. The molecule has 2 aromatic carbocycles. The molecule has 0 unspecified atom stereocenters. The average Bonchev–Trinajstić information content (AvgIpc) is 2.48. The topological polar surface area (TPSA) is 55.3 Å². The summed E-state index contributed by atoms with van der Waals surface area (Å²) in [7, 11) is 0. The van der Waals surface area contributed by atoms with Crippen LogP contribution in [0.4, 0.5) is 10.1 Å². The maximum atomic E-state index is 13.4. The first-order chi connectivity index (χ1) is 10.4. The van der Waals surface area contributed by atoms with Crippen LogP contribution in [0.3, 0.4) is 0 Å². The summed E-state index contributed by atoms with van der Waals surface area (Å²) in [4.78, 5) is 0. The monoisotopic (exact) mass is 299 g/mol. The van der Waals surface area contributed by atoms with Crippen molar-refractivity contribution in [3.8, 4) is 0 Å².